The van der Waals surface area contributed by atoms with Gasteiger partial charge in [0.2, 0.25) is 0 Å². The number of hydrogen-bond donors (Lipinski definition) is 1. The summed E-state index contributed by atoms with van der Waals surface area (Å²) in [5, 5.41) is 19.4. The fraction of sp³-hybridized carbons (Fsp3) is 0.160. The number of carboxylic acid groups (broad SMARTS) is 1. The molecular formula is C25H21FN2O5. The molecule has 0 aliphatic carbocycles. The maximum Gasteiger partial charge on any atom is 0.339 e. The van der Waals surface area contributed by atoms with Gasteiger partial charge in [0.05, 0.1) is 0 Å². The highest BCUT2D eigenvalue weighted by Gasteiger charge is 2.18. The van der Waals surface area contributed by atoms with E-state index in [0.29, 0.717) is 29.3 Å². The molecule has 1 aromatic heterocycles. The molecule has 0 fully saturated rings. The average Bonchev–Trinajstić information content (AvgIpc) is 3.31. The van der Waals surface area contributed by atoms with Gasteiger partial charge in [0, 0.05) is 11.6 Å². The van der Waals surface area contributed by atoms with Crippen LogP contribution in [0.15, 0.2) is 76.4 Å². The van der Waals surface area contributed by atoms with Crippen molar-refractivity contribution in [3.63, 3.8) is 0 Å². The Morgan fingerprint density at radius 1 is 1.09 bits per heavy atom. The van der Waals surface area contributed by atoms with Crippen molar-refractivity contribution in [2.75, 3.05) is 13.2 Å². The summed E-state index contributed by atoms with van der Waals surface area (Å²) in [4.78, 5) is 17.1. The Kier molecular flexibility index (Phi) is 6.64. The Morgan fingerprint density at radius 2 is 1.82 bits per heavy atom. The van der Waals surface area contributed by atoms with Crippen LogP contribution in [0.25, 0.3) is 22.0 Å². The third-order valence-corrected chi connectivity index (χ3v) is 4.85. The highest BCUT2D eigenvalue weighted by atomic mass is 19.1. The van der Waals surface area contributed by atoms with Crippen molar-refractivity contribution in [1.82, 2.24) is 5.16 Å². The molecule has 0 bridgehead atoms. The Balaban J connectivity index is 1.61. The summed E-state index contributed by atoms with van der Waals surface area (Å²) in [5.74, 6) is -0.962. The molecule has 0 atom stereocenters. The first-order valence-electron chi connectivity index (χ1n) is 10.4. The molecule has 0 spiro atoms. The second kappa shape index (κ2) is 9.95. The van der Waals surface area contributed by atoms with Crippen molar-refractivity contribution in [3.05, 3.63) is 83.9 Å². The largest absolute Gasteiger partial charge is 0.486 e. The lowest BCUT2D eigenvalue weighted by molar-refractivity contribution is 0.0693. The normalized spacial score (nSPS) is 11.5. The molecule has 3 aromatic carbocycles. The summed E-state index contributed by atoms with van der Waals surface area (Å²) < 4.78 is 24.5. The first-order chi connectivity index (χ1) is 16.0. The third-order valence-electron chi connectivity index (χ3n) is 4.85. The van der Waals surface area contributed by atoms with Gasteiger partial charge >= 0.3 is 5.97 Å². The van der Waals surface area contributed by atoms with Gasteiger partial charge < -0.3 is 19.2 Å². The predicted octanol–water partition coefficient (Wildman–Crippen LogP) is 5.54. The summed E-state index contributed by atoms with van der Waals surface area (Å²) in [5.41, 5.74) is 1.50. The quantitative estimate of drug-likeness (QED) is 0.205. The highest BCUT2D eigenvalue weighted by molar-refractivity contribution is 6.01. The Bertz CT molecular complexity index is 1300. The van der Waals surface area contributed by atoms with Crippen molar-refractivity contribution < 1.29 is 28.4 Å². The van der Waals surface area contributed by atoms with E-state index in [1.807, 2.05) is 31.2 Å². The van der Waals surface area contributed by atoms with Crippen LogP contribution < -0.4 is 4.74 Å². The summed E-state index contributed by atoms with van der Waals surface area (Å²) in [7, 11) is 0. The molecule has 1 N–H and O–H groups in total. The monoisotopic (exact) mass is 448 g/mol. The number of hydrogen-bond acceptors (Lipinski definition) is 6. The van der Waals surface area contributed by atoms with Gasteiger partial charge in [-0.3, -0.25) is 0 Å². The summed E-state index contributed by atoms with van der Waals surface area (Å²) in [6.45, 7) is 2.22. The van der Waals surface area contributed by atoms with E-state index in [9.17, 15) is 14.3 Å². The van der Waals surface area contributed by atoms with E-state index in [1.54, 1.807) is 30.3 Å². The lowest BCUT2D eigenvalue weighted by Gasteiger charge is -2.11. The summed E-state index contributed by atoms with van der Waals surface area (Å²) in [6.07, 6.45) is 0.753. The standard InChI is InChI=1S/C25H21FN2O5/c1-2-11-32-27-22(24-14-21(28-33-24)16-7-9-19(26)10-8-16)15-31-23-13-18-6-4-3-5-17(18)12-20(23)25(29)30/h3-10,12-14H,2,11,15H2,1H3,(H,29,30). The zero-order chi connectivity index (χ0) is 23.2. The fourth-order valence-electron chi connectivity index (χ4n) is 3.18. The van der Waals surface area contributed by atoms with Gasteiger partial charge in [-0.25, -0.2) is 9.18 Å². The smallest absolute Gasteiger partial charge is 0.339 e. The molecule has 8 heteroatoms. The van der Waals surface area contributed by atoms with E-state index in [0.717, 1.165) is 17.2 Å². The molecule has 0 radical (unpaired) electrons. The van der Waals surface area contributed by atoms with Gasteiger partial charge in [-0.1, -0.05) is 41.5 Å². The van der Waals surface area contributed by atoms with Crippen LogP contribution in [-0.4, -0.2) is 35.2 Å². The minimum atomic E-state index is -1.10. The van der Waals surface area contributed by atoms with E-state index >= 15 is 0 Å². The van der Waals surface area contributed by atoms with Gasteiger partial charge in [-0.15, -0.1) is 0 Å². The second-order valence-corrected chi connectivity index (χ2v) is 7.24. The van der Waals surface area contributed by atoms with E-state index in [2.05, 4.69) is 10.3 Å². The number of aromatic nitrogens is 1. The first kappa shape index (κ1) is 22.0. The molecular weight excluding hydrogens is 427 g/mol. The van der Waals surface area contributed by atoms with Crippen LogP contribution in [0, 0.1) is 5.82 Å². The Labute approximate surface area is 189 Å². The van der Waals surface area contributed by atoms with Crippen LogP contribution in [-0.2, 0) is 4.84 Å². The molecule has 0 aliphatic heterocycles. The van der Waals surface area contributed by atoms with Crippen molar-refractivity contribution >= 4 is 22.5 Å². The van der Waals surface area contributed by atoms with Crippen molar-refractivity contribution in [2.24, 2.45) is 5.16 Å². The number of halogens is 1. The molecule has 4 rings (SSSR count). The minimum absolute atomic E-state index is 0.0343. The number of fused-ring (bicyclic) bond motifs is 1. The number of rotatable bonds is 9. The van der Waals surface area contributed by atoms with Gasteiger partial charge in [0.1, 0.15) is 36.0 Å². The second-order valence-electron chi connectivity index (χ2n) is 7.24. The average molecular weight is 448 g/mol. The van der Waals surface area contributed by atoms with Gasteiger partial charge in [0.25, 0.3) is 0 Å². The molecule has 7 nitrogen and oxygen atoms in total. The zero-order valence-corrected chi connectivity index (χ0v) is 17.8. The minimum Gasteiger partial charge on any atom is -0.486 e. The number of nitrogens with zero attached hydrogens (tertiary/aromatic N) is 2. The topological polar surface area (TPSA) is 94.2 Å². The molecule has 1 heterocycles. The molecule has 0 saturated carbocycles. The molecule has 0 saturated heterocycles. The van der Waals surface area contributed by atoms with Crippen LogP contribution in [0.3, 0.4) is 0 Å². The predicted molar refractivity (Wildman–Crippen MR) is 121 cm³/mol. The maximum absolute atomic E-state index is 13.2. The molecule has 4 aromatic rings. The van der Waals surface area contributed by atoms with E-state index < -0.39 is 5.97 Å². The van der Waals surface area contributed by atoms with E-state index in [-0.39, 0.29) is 23.7 Å². The Hall–Kier alpha value is -4.20. The lowest BCUT2D eigenvalue weighted by Crippen LogP contribution is -2.15. The first-order valence-corrected chi connectivity index (χ1v) is 10.4. The molecule has 0 amide bonds. The van der Waals surface area contributed by atoms with Crippen LogP contribution in [0.1, 0.15) is 29.5 Å². The SMILES string of the molecule is CCCON=C(COc1cc2ccccc2cc1C(=O)O)c1cc(-c2ccc(F)cc2)no1. The Morgan fingerprint density at radius 3 is 2.52 bits per heavy atom. The molecule has 0 aliphatic rings. The molecule has 168 valence electrons. The van der Waals surface area contributed by atoms with Crippen LogP contribution >= 0.6 is 0 Å². The van der Waals surface area contributed by atoms with Crippen LogP contribution in [0.4, 0.5) is 4.39 Å². The molecule has 0 unspecified atom stereocenters. The van der Waals surface area contributed by atoms with Gasteiger partial charge in [0.15, 0.2) is 11.5 Å². The number of ether oxygens (including phenoxy) is 1. The van der Waals surface area contributed by atoms with Crippen LogP contribution in [0.2, 0.25) is 0 Å². The number of oxime groups is 1. The fourth-order valence-corrected chi connectivity index (χ4v) is 3.18. The number of carbonyl (C=O) groups is 1. The third kappa shape index (κ3) is 5.17. The highest BCUT2D eigenvalue weighted by Crippen LogP contribution is 2.27. The number of aromatic carboxylic acids is 1. The summed E-state index contributed by atoms with van der Waals surface area (Å²) >= 11 is 0. The zero-order valence-electron chi connectivity index (χ0n) is 17.8. The van der Waals surface area contributed by atoms with Crippen molar-refractivity contribution in [2.45, 2.75) is 13.3 Å². The molecule has 33 heavy (non-hydrogen) atoms. The van der Waals surface area contributed by atoms with E-state index in [4.69, 9.17) is 14.1 Å². The van der Waals surface area contributed by atoms with E-state index in [1.165, 1.54) is 12.1 Å². The van der Waals surface area contributed by atoms with Crippen LogP contribution in [0.5, 0.6) is 5.75 Å². The van der Waals surface area contributed by atoms with Crippen molar-refractivity contribution in [3.8, 4) is 17.0 Å². The number of carboxylic acids is 1. The maximum atomic E-state index is 13.2. The lowest BCUT2D eigenvalue weighted by atomic mass is 10.1. The summed E-state index contributed by atoms with van der Waals surface area (Å²) in [6, 6.07) is 18.1. The van der Waals surface area contributed by atoms with Gasteiger partial charge in [-0.2, -0.15) is 0 Å². The van der Waals surface area contributed by atoms with Crippen molar-refractivity contribution in [1.29, 1.82) is 0 Å². The number of benzene rings is 3. The van der Waals surface area contributed by atoms with Gasteiger partial charge in [-0.05, 0) is 53.6 Å².